The molecule has 13 heavy (non-hydrogen) atoms. The summed E-state index contributed by atoms with van der Waals surface area (Å²) < 4.78 is 0. The fourth-order valence-electron chi connectivity index (χ4n) is 3.20. The van der Waals surface area contributed by atoms with E-state index in [-0.39, 0.29) is 23.7 Å². The smallest absolute Gasteiger partial charge is 0.231 e. The van der Waals surface area contributed by atoms with Crippen molar-refractivity contribution >= 4 is 11.8 Å². The van der Waals surface area contributed by atoms with Gasteiger partial charge >= 0.3 is 0 Å². The molecule has 0 aromatic rings. The monoisotopic (exact) mass is 177 g/mol. The third kappa shape index (κ3) is 0.666. The lowest BCUT2D eigenvalue weighted by molar-refractivity contribution is -0.127. The minimum Gasteiger partial charge on any atom is -0.296 e. The Hall–Kier alpha value is -1.12. The molecule has 0 aromatic carbocycles. The van der Waals surface area contributed by atoms with Crippen molar-refractivity contribution in [3.05, 3.63) is 12.2 Å². The van der Waals surface area contributed by atoms with Gasteiger partial charge in [-0.15, -0.1) is 0 Å². The molecule has 1 saturated heterocycles. The second-order valence-electron chi connectivity index (χ2n) is 4.30. The Bertz CT molecular complexity index is 304. The molecule has 1 heterocycles. The summed E-state index contributed by atoms with van der Waals surface area (Å²) in [6, 6.07) is 0. The number of amides is 2. The molecule has 3 nitrogen and oxygen atoms in total. The maximum absolute atomic E-state index is 11.4. The van der Waals surface area contributed by atoms with Crippen molar-refractivity contribution < 1.29 is 9.59 Å². The molecule has 0 radical (unpaired) electrons. The molecule has 68 valence electrons. The van der Waals surface area contributed by atoms with E-state index in [1.165, 1.54) is 0 Å². The largest absolute Gasteiger partial charge is 0.296 e. The van der Waals surface area contributed by atoms with Gasteiger partial charge in [0.1, 0.15) is 0 Å². The summed E-state index contributed by atoms with van der Waals surface area (Å²) in [7, 11) is 0. The molecule has 2 aliphatic carbocycles. The van der Waals surface area contributed by atoms with E-state index in [0.717, 1.165) is 0 Å². The van der Waals surface area contributed by atoms with Gasteiger partial charge in [-0.2, -0.15) is 0 Å². The summed E-state index contributed by atoms with van der Waals surface area (Å²) in [5, 5.41) is 2.42. The van der Waals surface area contributed by atoms with Crippen LogP contribution in [0.2, 0.25) is 0 Å². The summed E-state index contributed by atoms with van der Waals surface area (Å²) in [4.78, 5) is 22.9. The standard InChI is InChI=1S/C10H11NO2/c1-4-5-2-3-6(4)8-7(5)9(12)11-10(8)13/h2-8H,1H3,(H,11,12,13)/t4?,5-,6+,7-,8+. The van der Waals surface area contributed by atoms with E-state index in [2.05, 4.69) is 24.4 Å². The van der Waals surface area contributed by atoms with Crippen LogP contribution in [-0.4, -0.2) is 11.8 Å². The summed E-state index contributed by atoms with van der Waals surface area (Å²) >= 11 is 0. The Morgan fingerprint density at radius 1 is 1.08 bits per heavy atom. The van der Waals surface area contributed by atoms with Crippen LogP contribution in [0.4, 0.5) is 0 Å². The Morgan fingerprint density at radius 2 is 1.54 bits per heavy atom. The number of carbonyl (C=O) groups excluding carboxylic acids is 2. The van der Waals surface area contributed by atoms with E-state index in [4.69, 9.17) is 0 Å². The zero-order valence-electron chi connectivity index (χ0n) is 7.36. The molecule has 1 N–H and O–H groups in total. The molecule has 0 aromatic heterocycles. The van der Waals surface area contributed by atoms with Crippen LogP contribution in [0.15, 0.2) is 12.2 Å². The zero-order chi connectivity index (χ0) is 9.16. The van der Waals surface area contributed by atoms with Gasteiger partial charge in [-0.25, -0.2) is 0 Å². The van der Waals surface area contributed by atoms with Crippen molar-refractivity contribution in [3.8, 4) is 0 Å². The Kier molecular flexibility index (Phi) is 1.14. The highest BCUT2D eigenvalue weighted by Gasteiger charge is 2.59. The maximum atomic E-state index is 11.4. The molecule has 3 rings (SSSR count). The van der Waals surface area contributed by atoms with E-state index in [0.29, 0.717) is 17.8 Å². The fourth-order valence-corrected chi connectivity index (χ4v) is 3.20. The average molecular weight is 177 g/mol. The molecular formula is C10H11NO2. The van der Waals surface area contributed by atoms with Crippen molar-refractivity contribution in [2.45, 2.75) is 6.92 Å². The number of allylic oxidation sites excluding steroid dienone is 2. The molecule has 1 saturated carbocycles. The molecule has 3 heteroatoms. The molecule has 2 fully saturated rings. The molecular weight excluding hydrogens is 166 g/mol. The van der Waals surface area contributed by atoms with Crippen LogP contribution in [0.25, 0.3) is 0 Å². The molecule has 1 aliphatic heterocycles. The van der Waals surface area contributed by atoms with E-state index < -0.39 is 0 Å². The molecule has 3 aliphatic rings. The van der Waals surface area contributed by atoms with Gasteiger partial charge in [0.2, 0.25) is 11.8 Å². The first kappa shape index (κ1) is 7.30. The van der Waals surface area contributed by atoms with Crippen LogP contribution >= 0.6 is 0 Å². The molecule has 5 atom stereocenters. The molecule has 1 unspecified atom stereocenters. The first-order chi connectivity index (χ1) is 6.20. The maximum Gasteiger partial charge on any atom is 0.231 e. The van der Waals surface area contributed by atoms with Gasteiger partial charge in [0.25, 0.3) is 0 Å². The number of imide groups is 1. The number of hydrogen-bond acceptors (Lipinski definition) is 2. The minimum atomic E-state index is -0.0579. The quantitative estimate of drug-likeness (QED) is 0.428. The predicted molar refractivity (Wildman–Crippen MR) is 45.4 cm³/mol. The van der Waals surface area contributed by atoms with Crippen molar-refractivity contribution in [1.29, 1.82) is 0 Å². The van der Waals surface area contributed by atoms with Crippen LogP contribution in [0.3, 0.4) is 0 Å². The van der Waals surface area contributed by atoms with Crippen LogP contribution in [-0.2, 0) is 9.59 Å². The van der Waals surface area contributed by atoms with Crippen molar-refractivity contribution in [1.82, 2.24) is 5.32 Å². The third-order valence-corrected chi connectivity index (χ3v) is 3.84. The normalized spacial score (nSPS) is 51.3. The summed E-state index contributed by atoms with van der Waals surface area (Å²) in [6.45, 7) is 2.13. The second kappa shape index (κ2) is 2.03. The first-order valence-corrected chi connectivity index (χ1v) is 4.73. The van der Waals surface area contributed by atoms with Crippen LogP contribution in [0.1, 0.15) is 6.92 Å². The lowest BCUT2D eigenvalue weighted by atomic mass is 9.85. The lowest BCUT2D eigenvalue weighted by Crippen LogP contribution is -2.27. The molecule has 0 spiro atoms. The van der Waals surface area contributed by atoms with E-state index in [1.807, 2.05) is 0 Å². The third-order valence-electron chi connectivity index (χ3n) is 3.84. The molecule has 2 amide bonds. The zero-order valence-corrected chi connectivity index (χ0v) is 7.36. The number of rotatable bonds is 0. The Labute approximate surface area is 76.2 Å². The summed E-state index contributed by atoms with van der Waals surface area (Å²) in [6.07, 6.45) is 4.21. The Morgan fingerprint density at radius 3 is 2.00 bits per heavy atom. The van der Waals surface area contributed by atoms with Gasteiger partial charge in [-0.05, 0) is 17.8 Å². The van der Waals surface area contributed by atoms with E-state index >= 15 is 0 Å². The number of fused-ring (bicyclic) bond motifs is 5. The summed E-state index contributed by atoms with van der Waals surface area (Å²) in [5.41, 5.74) is 0. The van der Waals surface area contributed by atoms with Crippen molar-refractivity contribution in [2.24, 2.45) is 29.6 Å². The highest BCUT2D eigenvalue weighted by molar-refractivity contribution is 6.06. The highest BCUT2D eigenvalue weighted by Crippen LogP contribution is 2.53. The van der Waals surface area contributed by atoms with Crippen molar-refractivity contribution in [2.75, 3.05) is 0 Å². The first-order valence-electron chi connectivity index (χ1n) is 4.73. The van der Waals surface area contributed by atoms with Gasteiger partial charge in [-0.3, -0.25) is 14.9 Å². The van der Waals surface area contributed by atoms with Crippen LogP contribution in [0.5, 0.6) is 0 Å². The van der Waals surface area contributed by atoms with Gasteiger partial charge in [0.05, 0.1) is 11.8 Å². The van der Waals surface area contributed by atoms with E-state index in [1.54, 1.807) is 0 Å². The van der Waals surface area contributed by atoms with Gasteiger partial charge in [0.15, 0.2) is 0 Å². The summed E-state index contributed by atoms with van der Waals surface area (Å²) in [5.74, 6) is 0.861. The van der Waals surface area contributed by atoms with Crippen molar-refractivity contribution in [3.63, 3.8) is 0 Å². The SMILES string of the molecule is CC1[C@H]2C=C[C@@H]1[C@@H]1C(=O)NC(=O)[C@@H]12. The average Bonchev–Trinajstić information content (AvgIpc) is 2.67. The molecule has 2 bridgehead atoms. The highest BCUT2D eigenvalue weighted by atomic mass is 16.2. The fraction of sp³-hybridized carbons (Fsp3) is 0.600. The number of hydrogen-bond donors (Lipinski definition) is 1. The number of carbonyl (C=O) groups is 2. The second-order valence-corrected chi connectivity index (χ2v) is 4.30. The lowest BCUT2D eigenvalue weighted by Gasteiger charge is -2.14. The minimum absolute atomic E-state index is 0.0568. The van der Waals surface area contributed by atoms with Crippen LogP contribution < -0.4 is 5.32 Å². The number of nitrogens with one attached hydrogen (secondary N) is 1. The van der Waals surface area contributed by atoms with E-state index in [9.17, 15) is 9.59 Å². The van der Waals surface area contributed by atoms with Crippen LogP contribution in [0, 0.1) is 29.6 Å². The topological polar surface area (TPSA) is 46.2 Å². The Balaban J connectivity index is 2.09. The van der Waals surface area contributed by atoms with Gasteiger partial charge < -0.3 is 0 Å². The van der Waals surface area contributed by atoms with Gasteiger partial charge in [-0.1, -0.05) is 19.1 Å². The predicted octanol–water partition coefficient (Wildman–Crippen LogP) is 0.327. The van der Waals surface area contributed by atoms with Gasteiger partial charge in [0, 0.05) is 0 Å².